The van der Waals surface area contributed by atoms with Crippen LogP contribution in [0.15, 0.2) is 64.9 Å². The van der Waals surface area contributed by atoms with Crippen LogP contribution in [-0.2, 0) is 16.6 Å². The van der Waals surface area contributed by atoms with E-state index in [0.717, 1.165) is 16.3 Å². The highest BCUT2D eigenvalue weighted by Crippen LogP contribution is 2.24. The molecule has 1 fully saturated rings. The molecule has 0 radical (unpaired) electrons. The molecule has 156 valence electrons. The monoisotopic (exact) mass is 441 g/mol. The predicted molar refractivity (Wildman–Crippen MR) is 118 cm³/mol. The molecule has 1 saturated heterocycles. The third kappa shape index (κ3) is 4.52. The highest BCUT2D eigenvalue weighted by Gasteiger charge is 2.28. The lowest BCUT2D eigenvalue weighted by Crippen LogP contribution is -2.48. The van der Waals surface area contributed by atoms with E-state index < -0.39 is 10.0 Å². The molecule has 6 nitrogen and oxygen atoms in total. The number of carbonyl (C=O) groups excluding carboxylic acids is 1. The maximum absolute atomic E-state index is 12.9. The van der Waals surface area contributed by atoms with E-state index in [1.54, 1.807) is 23.5 Å². The summed E-state index contributed by atoms with van der Waals surface area (Å²) >= 11 is 1.63. The molecule has 30 heavy (non-hydrogen) atoms. The molecule has 1 aromatic heterocycles. The van der Waals surface area contributed by atoms with Crippen LogP contribution in [0.2, 0.25) is 0 Å². The van der Waals surface area contributed by atoms with E-state index in [0.29, 0.717) is 38.3 Å². The van der Waals surface area contributed by atoms with Crippen molar-refractivity contribution in [1.82, 2.24) is 14.2 Å². The fraction of sp³-hybridized carbons (Fsp3) is 0.273. The van der Waals surface area contributed by atoms with Crippen molar-refractivity contribution in [1.29, 1.82) is 0 Å². The predicted octanol–water partition coefficient (Wildman–Crippen LogP) is 3.52. The number of sulfonamides is 1. The topological polar surface area (TPSA) is 70.6 Å². The van der Waals surface area contributed by atoms with Gasteiger partial charge in [0.05, 0.1) is 10.6 Å². The van der Waals surface area contributed by atoms with Crippen molar-refractivity contribution >= 4 is 27.1 Å². The molecule has 2 heterocycles. The van der Waals surface area contributed by atoms with Crippen molar-refractivity contribution in [2.45, 2.75) is 18.4 Å². The van der Waals surface area contributed by atoms with E-state index in [4.69, 9.17) is 4.98 Å². The van der Waals surface area contributed by atoms with Gasteiger partial charge in [0.25, 0.3) is 0 Å². The minimum atomic E-state index is -3.55. The fourth-order valence-corrected chi connectivity index (χ4v) is 5.70. The van der Waals surface area contributed by atoms with Gasteiger partial charge >= 0.3 is 0 Å². The minimum Gasteiger partial charge on any atom is -0.295 e. The molecule has 2 aromatic carbocycles. The van der Waals surface area contributed by atoms with Gasteiger partial charge in [-0.25, -0.2) is 13.4 Å². The van der Waals surface area contributed by atoms with Gasteiger partial charge in [-0.05, 0) is 19.1 Å². The summed E-state index contributed by atoms with van der Waals surface area (Å²) < 4.78 is 27.3. The van der Waals surface area contributed by atoms with Gasteiger partial charge in [-0.15, -0.1) is 11.3 Å². The molecule has 3 aromatic rings. The van der Waals surface area contributed by atoms with Crippen LogP contribution in [0.25, 0.3) is 10.6 Å². The second-order valence-electron chi connectivity index (χ2n) is 7.27. The molecule has 0 atom stereocenters. The van der Waals surface area contributed by atoms with Crippen molar-refractivity contribution in [3.63, 3.8) is 0 Å². The van der Waals surface area contributed by atoms with Gasteiger partial charge in [0.1, 0.15) is 5.01 Å². The molecule has 0 spiro atoms. The summed E-state index contributed by atoms with van der Waals surface area (Å²) in [6.45, 7) is 4.36. The summed E-state index contributed by atoms with van der Waals surface area (Å²) in [6, 6.07) is 16.3. The summed E-state index contributed by atoms with van der Waals surface area (Å²) in [4.78, 5) is 18.6. The van der Waals surface area contributed by atoms with Crippen LogP contribution < -0.4 is 0 Å². The molecule has 8 heteroatoms. The van der Waals surface area contributed by atoms with Gasteiger partial charge in [-0.2, -0.15) is 4.31 Å². The van der Waals surface area contributed by atoms with E-state index in [1.165, 1.54) is 23.4 Å². The highest BCUT2D eigenvalue weighted by molar-refractivity contribution is 7.89. The number of piperazine rings is 1. The second kappa shape index (κ2) is 8.77. The Kier molecular flexibility index (Phi) is 6.10. The van der Waals surface area contributed by atoms with Gasteiger partial charge < -0.3 is 0 Å². The van der Waals surface area contributed by atoms with Gasteiger partial charge in [0.2, 0.25) is 10.0 Å². The van der Waals surface area contributed by atoms with Crippen LogP contribution in [-0.4, -0.2) is 54.6 Å². The lowest BCUT2D eigenvalue weighted by Gasteiger charge is -2.33. The summed E-state index contributed by atoms with van der Waals surface area (Å²) in [5, 5.41) is 3.07. The Balaban J connectivity index is 1.37. The zero-order valence-corrected chi connectivity index (χ0v) is 18.3. The number of hydrogen-bond donors (Lipinski definition) is 0. The number of hydrogen-bond acceptors (Lipinski definition) is 6. The summed E-state index contributed by atoms with van der Waals surface area (Å²) in [5.74, 6) is -0.0787. The van der Waals surface area contributed by atoms with E-state index in [2.05, 4.69) is 22.4 Å². The first-order valence-electron chi connectivity index (χ1n) is 9.77. The normalized spacial score (nSPS) is 15.9. The fourth-order valence-electron chi connectivity index (χ4n) is 3.46. The third-order valence-corrected chi connectivity index (χ3v) is 8.04. The zero-order valence-electron chi connectivity index (χ0n) is 16.7. The average molecular weight is 442 g/mol. The average Bonchev–Trinajstić information content (AvgIpc) is 3.23. The second-order valence-corrected chi connectivity index (χ2v) is 10.1. The number of nitrogens with zero attached hydrogens (tertiary/aromatic N) is 3. The van der Waals surface area contributed by atoms with Crippen molar-refractivity contribution < 1.29 is 13.2 Å². The van der Waals surface area contributed by atoms with Crippen molar-refractivity contribution in [2.24, 2.45) is 0 Å². The molecular weight excluding hydrogens is 418 g/mol. The van der Waals surface area contributed by atoms with Crippen LogP contribution in [0, 0.1) is 0 Å². The van der Waals surface area contributed by atoms with E-state index >= 15 is 0 Å². The Morgan fingerprint density at radius 1 is 1.00 bits per heavy atom. The maximum Gasteiger partial charge on any atom is 0.243 e. The molecule has 0 N–H and O–H groups in total. The lowest BCUT2D eigenvalue weighted by atomic mass is 10.2. The van der Waals surface area contributed by atoms with Gasteiger partial charge in [0.15, 0.2) is 5.78 Å². The standard InChI is InChI=1S/C22H23N3O3S2/c1-17(26)18-7-9-21(10-8-18)30(27,28)25-13-11-24(12-14-25)15-20-16-29-22(23-20)19-5-3-2-4-6-19/h2-10,16H,11-15H2,1H3. The van der Waals surface area contributed by atoms with Crippen molar-refractivity contribution in [3.8, 4) is 10.6 Å². The number of ketones is 1. The number of thiazole rings is 1. The molecule has 0 bridgehead atoms. The number of benzene rings is 2. The van der Waals surface area contributed by atoms with E-state index in [1.807, 2.05) is 18.2 Å². The Labute approximate surface area is 180 Å². The largest absolute Gasteiger partial charge is 0.295 e. The Hall–Kier alpha value is -2.39. The van der Waals surface area contributed by atoms with Crippen LogP contribution in [0.5, 0.6) is 0 Å². The number of rotatable bonds is 6. The lowest BCUT2D eigenvalue weighted by molar-refractivity contribution is 0.101. The highest BCUT2D eigenvalue weighted by atomic mass is 32.2. The SMILES string of the molecule is CC(=O)c1ccc(S(=O)(=O)N2CCN(Cc3csc(-c4ccccc4)n3)CC2)cc1. The summed E-state index contributed by atoms with van der Waals surface area (Å²) in [6.07, 6.45) is 0. The number of Topliss-reactive ketones (excluding diaryl/α,β-unsaturated/α-hetero) is 1. The van der Waals surface area contributed by atoms with Gasteiger partial charge in [-0.1, -0.05) is 42.5 Å². The van der Waals surface area contributed by atoms with Crippen LogP contribution in [0.3, 0.4) is 0 Å². The Morgan fingerprint density at radius 3 is 2.30 bits per heavy atom. The number of carbonyl (C=O) groups is 1. The van der Waals surface area contributed by atoms with Gasteiger partial charge in [-0.3, -0.25) is 9.69 Å². The molecular formula is C22H23N3O3S2. The Bertz CT molecular complexity index is 1120. The van der Waals surface area contributed by atoms with Crippen LogP contribution in [0.4, 0.5) is 0 Å². The molecule has 0 amide bonds. The maximum atomic E-state index is 12.9. The first-order chi connectivity index (χ1) is 14.4. The van der Waals surface area contributed by atoms with E-state index in [9.17, 15) is 13.2 Å². The minimum absolute atomic E-state index is 0.0787. The van der Waals surface area contributed by atoms with Crippen LogP contribution in [0.1, 0.15) is 23.0 Å². The zero-order chi connectivity index (χ0) is 21.1. The molecule has 0 unspecified atom stereocenters. The summed E-state index contributed by atoms with van der Waals surface area (Å²) in [7, 11) is -3.55. The molecule has 0 saturated carbocycles. The molecule has 4 rings (SSSR count). The summed E-state index contributed by atoms with van der Waals surface area (Å²) in [5.41, 5.74) is 2.63. The Morgan fingerprint density at radius 2 is 1.67 bits per heavy atom. The first kappa shape index (κ1) is 20.9. The quantitative estimate of drug-likeness (QED) is 0.548. The number of aromatic nitrogens is 1. The van der Waals surface area contributed by atoms with E-state index in [-0.39, 0.29) is 10.7 Å². The van der Waals surface area contributed by atoms with Crippen molar-refractivity contribution in [2.75, 3.05) is 26.2 Å². The first-order valence-corrected chi connectivity index (χ1v) is 12.1. The van der Waals surface area contributed by atoms with Gasteiger partial charge in [0, 0.05) is 49.2 Å². The third-order valence-electron chi connectivity index (χ3n) is 5.19. The smallest absolute Gasteiger partial charge is 0.243 e. The molecule has 0 aliphatic carbocycles. The molecule has 1 aliphatic rings. The molecule has 1 aliphatic heterocycles. The van der Waals surface area contributed by atoms with Crippen LogP contribution >= 0.6 is 11.3 Å². The van der Waals surface area contributed by atoms with Crippen molar-refractivity contribution in [3.05, 3.63) is 71.2 Å².